The molecule has 1 aromatic carbocycles. The summed E-state index contributed by atoms with van der Waals surface area (Å²) >= 11 is 0. The van der Waals surface area contributed by atoms with Crippen LogP contribution in [-0.2, 0) is 4.79 Å². The number of nitrogens with one attached hydrogen (secondary N) is 1. The molecule has 0 radical (unpaired) electrons. The average molecular weight is 256 g/mol. The largest absolute Gasteiger partial charge is 0.370 e. The molecule has 1 heterocycles. The van der Waals surface area contributed by atoms with Crippen molar-refractivity contribution in [3.8, 4) is 0 Å². The summed E-state index contributed by atoms with van der Waals surface area (Å²) in [7, 11) is 0. The van der Waals surface area contributed by atoms with Crippen molar-refractivity contribution in [1.29, 1.82) is 0 Å². The molecule has 19 heavy (non-hydrogen) atoms. The van der Waals surface area contributed by atoms with Crippen LogP contribution in [0.15, 0.2) is 24.3 Å². The number of amides is 1. The Hall–Kier alpha value is -1.77. The van der Waals surface area contributed by atoms with Gasteiger partial charge in [0, 0.05) is 23.0 Å². The summed E-state index contributed by atoms with van der Waals surface area (Å²) in [5, 5.41) is 1.28. The van der Waals surface area contributed by atoms with Crippen LogP contribution in [0.25, 0.3) is 10.9 Å². The van der Waals surface area contributed by atoms with E-state index in [1.54, 1.807) is 0 Å². The van der Waals surface area contributed by atoms with E-state index >= 15 is 0 Å². The summed E-state index contributed by atoms with van der Waals surface area (Å²) in [5.41, 5.74) is 9.29. The lowest BCUT2D eigenvalue weighted by Crippen LogP contribution is -2.12. The van der Waals surface area contributed by atoms with Crippen molar-refractivity contribution in [2.45, 2.75) is 33.1 Å². The van der Waals surface area contributed by atoms with Crippen molar-refractivity contribution in [2.75, 3.05) is 0 Å². The molecule has 3 heteroatoms. The van der Waals surface area contributed by atoms with Crippen LogP contribution in [0.3, 0.4) is 0 Å². The summed E-state index contributed by atoms with van der Waals surface area (Å²) in [4.78, 5) is 14.7. The Morgan fingerprint density at radius 2 is 2.05 bits per heavy atom. The molecular weight excluding hydrogens is 236 g/mol. The molecule has 0 spiro atoms. The number of benzene rings is 1. The van der Waals surface area contributed by atoms with Crippen molar-refractivity contribution in [3.63, 3.8) is 0 Å². The fourth-order valence-corrected chi connectivity index (χ4v) is 3.61. The first-order valence-corrected chi connectivity index (χ1v) is 6.78. The first-order chi connectivity index (χ1) is 8.93. The third kappa shape index (κ3) is 1.76. The second-order valence-electron chi connectivity index (χ2n) is 6.29. The van der Waals surface area contributed by atoms with E-state index in [0.29, 0.717) is 18.3 Å². The molecule has 3 N–H and O–H groups in total. The normalized spacial score (nSPS) is 24.6. The van der Waals surface area contributed by atoms with Gasteiger partial charge >= 0.3 is 0 Å². The molecule has 1 fully saturated rings. The summed E-state index contributed by atoms with van der Waals surface area (Å²) in [5.74, 6) is 0.595. The van der Waals surface area contributed by atoms with E-state index in [9.17, 15) is 4.79 Å². The number of primary amides is 1. The number of aromatic nitrogens is 1. The van der Waals surface area contributed by atoms with E-state index in [-0.39, 0.29) is 11.3 Å². The van der Waals surface area contributed by atoms with Gasteiger partial charge in [-0.25, -0.2) is 0 Å². The van der Waals surface area contributed by atoms with Crippen LogP contribution in [0.4, 0.5) is 0 Å². The van der Waals surface area contributed by atoms with Crippen LogP contribution in [-0.4, -0.2) is 10.9 Å². The number of aromatic amines is 1. The number of aryl methyl sites for hydroxylation is 1. The Balaban J connectivity index is 2.06. The topological polar surface area (TPSA) is 58.9 Å². The average Bonchev–Trinajstić information content (AvgIpc) is 2.69. The van der Waals surface area contributed by atoms with Crippen molar-refractivity contribution < 1.29 is 4.79 Å². The summed E-state index contributed by atoms with van der Waals surface area (Å²) < 4.78 is 0. The maximum Gasteiger partial charge on any atom is 0.217 e. The number of fused-ring (bicyclic) bond motifs is 1. The fourth-order valence-electron chi connectivity index (χ4n) is 3.61. The van der Waals surface area contributed by atoms with Crippen molar-refractivity contribution in [2.24, 2.45) is 17.1 Å². The molecule has 3 rings (SSSR count). The minimum Gasteiger partial charge on any atom is -0.370 e. The second kappa shape index (κ2) is 3.86. The third-order valence-electron chi connectivity index (χ3n) is 4.73. The minimum absolute atomic E-state index is 0.157. The van der Waals surface area contributed by atoms with Crippen LogP contribution in [0.5, 0.6) is 0 Å². The van der Waals surface area contributed by atoms with E-state index in [4.69, 9.17) is 5.73 Å². The molecule has 1 aromatic heterocycles. The molecule has 1 amide bonds. The Morgan fingerprint density at radius 1 is 1.37 bits per heavy atom. The van der Waals surface area contributed by atoms with Gasteiger partial charge in [-0.2, -0.15) is 0 Å². The van der Waals surface area contributed by atoms with Crippen LogP contribution in [0, 0.1) is 18.3 Å². The number of hydrogen-bond donors (Lipinski definition) is 2. The van der Waals surface area contributed by atoms with Gasteiger partial charge in [0.15, 0.2) is 0 Å². The van der Waals surface area contributed by atoms with E-state index < -0.39 is 0 Å². The van der Waals surface area contributed by atoms with E-state index in [0.717, 1.165) is 0 Å². The van der Waals surface area contributed by atoms with Crippen LogP contribution < -0.4 is 5.73 Å². The molecule has 3 nitrogen and oxygen atoms in total. The molecule has 1 aliphatic carbocycles. The summed E-state index contributed by atoms with van der Waals surface area (Å²) in [6.07, 6.45) is 0.483. The van der Waals surface area contributed by atoms with Gasteiger partial charge in [-0.1, -0.05) is 32.0 Å². The summed E-state index contributed by atoms with van der Waals surface area (Å²) in [6.45, 7) is 6.57. The predicted octanol–water partition coefficient (Wildman–Crippen LogP) is 3.09. The maximum absolute atomic E-state index is 11.2. The van der Waals surface area contributed by atoms with Crippen molar-refractivity contribution in [3.05, 3.63) is 35.5 Å². The van der Waals surface area contributed by atoms with Gasteiger partial charge < -0.3 is 10.7 Å². The second-order valence-corrected chi connectivity index (χ2v) is 6.29. The van der Waals surface area contributed by atoms with Gasteiger partial charge in [-0.05, 0) is 35.8 Å². The SMILES string of the molecule is Cc1[nH]c2ccccc2c1[C@@H]1[C@H](CC(N)=O)C1(C)C. The number of hydrogen-bond acceptors (Lipinski definition) is 1. The van der Waals surface area contributed by atoms with Crippen molar-refractivity contribution in [1.82, 2.24) is 4.98 Å². The van der Waals surface area contributed by atoms with Crippen LogP contribution in [0.2, 0.25) is 0 Å². The number of carbonyl (C=O) groups excluding carboxylic acids is 1. The molecule has 1 saturated carbocycles. The lowest BCUT2D eigenvalue weighted by molar-refractivity contribution is -0.118. The van der Waals surface area contributed by atoms with E-state index in [2.05, 4.69) is 44.0 Å². The first-order valence-electron chi connectivity index (χ1n) is 6.78. The number of rotatable bonds is 3. The zero-order chi connectivity index (χ0) is 13.8. The first kappa shape index (κ1) is 12.3. The highest BCUT2D eigenvalue weighted by Gasteiger charge is 2.59. The van der Waals surface area contributed by atoms with E-state index in [1.165, 1.54) is 22.2 Å². The van der Waals surface area contributed by atoms with Gasteiger partial charge in [0.25, 0.3) is 0 Å². The van der Waals surface area contributed by atoms with Gasteiger partial charge in [-0.15, -0.1) is 0 Å². The Bertz CT molecular complexity index is 654. The molecule has 0 bridgehead atoms. The smallest absolute Gasteiger partial charge is 0.217 e. The quantitative estimate of drug-likeness (QED) is 0.871. The van der Waals surface area contributed by atoms with Gasteiger partial charge in [0.1, 0.15) is 0 Å². The number of para-hydroxylation sites is 1. The standard InChI is InChI=1S/C16H20N2O/c1-9-14(10-6-4-5-7-12(10)18-9)15-11(8-13(17)19)16(15,2)3/h4-7,11,15,18H,8H2,1-3H3,(H2,17,19)/t11-,15-/m0/s1. The Morgan fingerprint density at radius 3 is 2.74 bits per heavy atom. The molecule has 0 saturated heterocycles. The number of carbonyl (C=O) groups is 1. The van der Waals surface area contributed by atoms with Gasteiger partial charge in [0.2, 0.25) is 5.91 Å². The maximum atomic E-state index is 11.2. The van der Waals surface area contributed by atoms with Gasteiger partial charge in [-0.3, -0.25) is 4.79 Å². The Labute approximate surface area is 113 Å². The van der Waals surface area contributed by atoms with Gasteiger partial charge in [0.05, 0.1) is 0 Å². The highest BCUT2D eigenvalue weighted by Crippen LogP contribution is 2.67. The summed E-state index contributed by atoms with van der Waals surface area (Å²) in [6, 6.07) is 8.37. The number of nitrogens with two attached hydrogens (primary N) is 1. The lowest BCUT2D eigenvalue weighted by atomic mass is 10.0. The molecule has 0 unspecified atom stereocenters. The molecule has 0 aliphatic heterocycles. The van der Waals surface area contributed by atoms with Crippen LogP contribution >= 0.6 is 0 Å². The van der Waals surface area contributed by atoms with Crippen LogP contribution in [0.1, 0.15) is 37.4 Å². The lowest BCUT2D eigenvalue weighted by Gasteiger charge is -2.03. The molecule has 2 atom stereocenters. The minimum atomic E-state index is -0.196. The predicted molar refractivity (Wildman–Crippen MR) is 76.9 cm³/mol. The fraction of sp³-hybridized carbons (Fsp3) is 0.438. The zero-order valence-corrected chi connectivity index (χ0v) is 11.7. The third-order valence-corrected chi connectivity index (χ3v) is 4.73. The molecule has 100 valence electrons. The highest BCUT2D eigenvalue weighted by molar-refractivity contribution is 5.86. The molecule has 1 aliphatic rings. The van der Waals surface area contributed by atoms with E-state index in [1.807, 2.05) is 6.07 Å². The molecule has 2 aromatic rings. The zero-order valence-electron chi connectivity index (χ0n) is 11.7. The Kier molecular flexibility index (Phi) is 2.49. The highest BCUT2D eigenvalue weighted by atomic mass is 16.1. The molecular formula is C16H20N2O. The van der Waals surface area contributed by atoms with Crippen molar-refractivity contribution >= 4 is 16.8 Å². The number of H-pyrrole nitrogens is 1. The monoisotopic (exact) mass is 256 g/mol.